The zero-order chi connectivity index (χ0) is 15.5. The fraction of sp³-hybridized carbons (Fsp3) is 0.714. The normalized spacial score (nSPS) is 12.2. The van der Waals surface area contributed by atoms with Crippen molar-refractivity contribution in [3.63, 3.8) is 0 Å². The van der Waals surface area contributed by atoms with Gasteiger partial charge in [0.2, 0.25) is 0 Å². The summed E-state index contributed by atoms with van der Waals surface area (Å²) in [5.74, 6) is 0.744. The number of aromatic nitrogens is 5. The predicted octanol–water partition coefficient (Wildman–Crippen LogP) is 2.04. The van der Waals surface area contributed by atoms with Gasteiger partial charge in [0.1, 0.15) is 5.39 Å². The van der Waals surface area contributed by atoms with Crippen LogP contribution in [0.3, 0.4) is 0 Å². The van der Waals surface area contributed by atoms with Crippen LogP contribution >= 0.6 is 12.6 Å². The topological polar surface area (TPSA) is 65.6 Å². The molecule has 0 amide bonds. The van der Waals surface area contributed by atoms with Gasteiger partial charge in [-0.1, -0.05) is 31.9 Å². The van der Waals surface area contributed by atoms with E-state index in [2.05, 4.69) is 41.9 Å². The lowest BCUT2D eigenvalue weighted by Crippen LogP contribution is -2.36. The van der Waals surface area contributed by atoms with Gasteiger partial charge in [0, 0.05) is 7.05 Å². The molecule has 0 fully saturated rings. The van der Waals surface area contributed by atoms with E-state index in [1.165, 1.54) is 4.68 Å². The zero-order valence-corrected chi connectivity index (χ0v) is 13.8. The fourth-order valence-electron chi connectivity index (χ4n) is 2.95. The Labute approximate surface area is 129 Å². The van der Waals surface area contributed by atoms with E-state index in [9.17, 15) is 4.79 Å². The van der Waals surface area contributed by atoms with Crippen LogP contribution in [0.1, 0.15) is 39.5 Å². The molecule has 2 aromatic heterocycles. The highest BCUT2D eigenvalue weighted by atomic mass is 32.1. The number of aryl methyl sites for hydroxylation is 1. The highest BCUT2D eigenvalue weighted by Crippen LogP contribution is 2.32. The molecule has 0 aliphatic heterocycles. The van der Waals surface area contributed by atoms with Crippen LogP contribution in [0.4, 0.5) is 0 Å². The monoisotopic (exact) mass is 309 g/mol. The van der Waals surface area contributed by atoms with Crippen molar-refractivity contribution < 1.29 is 0 Å². The Morgan fingerprint density at radius 1 is 1.29 bits per heavy atom. The first kappa shape index (κ1) is 16.0. The molecule has 0 saturated carbocycles. The fourth-order valence-corrected chi connectivity index (χ4v) is 3.37. The minimum atomic E-state index is -0.119. The van der Waals surface area contributed by atoms with Crippen LogP contribution in [0.15, 0.2) is 11.0 Å². The summed E-state index contributed by atoms with van der Waals surface area (Å²) in [6, 6.07) is 0. The largest absolute Gasteiger partial charge is 0.280 e. The number of rotatable bonds is 7. The van der Waals surface area contributed by atoms with Crippen LogP contribution in [0, 0.1) is 5.41 Å². The summed E-state index contributed by atoms with van der Waals surface area (Å²) >= 11 is 4.53. The highest BCUT2D eigenvalue weighted by molar-refractivity contribution is 7.80. The summed E-state index contributed by atoms with van der Waals surface area (Å²) < 4.78 is 3.05. The Kier molecular flexibility index (Phi) is 5.03. The molecule has 2 aromatic rings. The van der Waals surface area contributed by atoms with E-state index in [0.717, 1.165) is 31.4 Å². The molecule has 0 N–H and O–H groups in total. The van der Waals surface area contributed by atoms with Crippen molar-refractivity contribution in [3.05, 3.63) is 16.6 Å². The van der Waals surface area contributed by atoms with Gasteiger partial charge in [0.15, 0.2) is 5.65 Å². The molecule has 0 bridgehead atoms. The molecule has 0 atom stereocenters. The van der Waals surface area contributed by atoms with E-state index in [1.54, 1.807) is 17.9 Å². The van der Waals surface area contributed by atoms with Crippen LogP contribution in [-0.2, 0) is 13.6 Å². The summed E-state index contributed by atoms with van der Waals surface area (Å²) in [7, 11) is 1.76. The Hall–Kier alpha value is -1.37. The summed E-state index contributed by atoms with van der Waals surface area (Å²) in [6.07, 6.45) is 5.76. The standard InChI is InChI=1S/C14H23N5OS/c1-4-6-14(10-21,7-5-2)9-19-13(20)11-8-15-18(3)12(11)16-17-19/h8,21H,4-7,9-10H2,1-3H3. The molecule has 7 heteroatoms. The molecule has 2 rings (SSSR count). The average molecular weight is 309 g/mol. The smallest absolute Gasteiger partial charge is 0.267 e. The number of fused-ring (bicyclic) bond motifs is 1. The molecule has 116 valence electrons. The lowest BCUT2D eigenvalue weighted by atomic mass is 9.81. The Morgan fingerprint density at radius 2 is 1.95 bits per heavy atom. The first-order chi connectivity index (χ1) is 10.1. The van der Waals surface area contributed by atoms with Crippen LogP contribution < -0.4 is 5.56 Å². The lowest BCUT2D eigenvalue weighted by Gasteiger charge is -2.31. The van der Waals surface area contributed by atoms with Gasteiger partial charge < -0.3 is 0 Å². The second-order valence-corrected chi connectivity index (χ2v) is 6.03. The van der Waals surface area contributed by atoms with Gasteiger partial charge in [-0.05, 0) is 24.0 Å². The molecule has 0 aliphatic carbocycles. The van der Waals surface area contributed by atoms with Crippen molar-refractivity contribution in [1.82, 2.24) is 24.8 Å². The number of thiol groups is 1. The maximum atomic E-state index is 12.5. The quantitative estimate of drug-likeness (QED) is 0.795. The third kappa shape index (κ3) is 3.12. The lowest BCUT2D eigenvalue weighted by molar-refractivity contribution is 0.215. The average Bonchev–Trinajstić information content (AvgIpc) is 2.85. The maximum Gasteiger partial charge on any atom is 0.280 e. The van der Waals surface area contributed by atoms with Crippen molar-refractivity contribution in [2.75, 3.05) is 5.75 Å². The molecule has 2 heterocycles. The predicted molar refractivity (Wildman–Crippen MR) is 86.7 cm³/mol. The maximum absolute atomic E-state index is 12.5. The minimum absolute atomic E-state index is 0.000995. The van der Waals surface area contributed by atoms with Gasteiger partial charge in [0.05, 0.1) is 12.7 Å². The molecule has 21 heavy (non-hydrogen) atoms. The van der Waals surface area contributed by atoms with Crippen LogP contribution in [0.25, 0.3) is 11.0 Å². The van der Waals surface area contributed by atoms with Crippen molar-refractivity contribution in [1.29, 1.82) is 0 Å². The second kappa shape index (κ2) is 6.60. The highest BCUT2D eigenvalue weighted by Gasteiger charge is 2.29. The first-order valence-corrected chi connectivity index (χ1v) is 8.06. The number of nitrogens with zero attached hydrogens (tertiary/aromatic N) is 5. The molecule has 0 spiro atoms. The number of hydrogen-bond donors (Lipinski definition) is 1. The summed E-state index contributed by atoms with van der Waals surface area (Å²) in [4.78, 5) is 12.5. The molecule has 0 saturated heterocycles. The van der Waals surface area contributed by atoms with Crippen molar-refractivity contribution >= 4 is 23.7 Å². The van der Waals surface area contributed by atoms with Gasteiger partial charge in [-0.15, -0.1) is 5.10 Å². The Bertz CT molecular complexity index is 657. The van der Waals surface area contributed by atoms with Crippen LogP contribution in [0.2, 0.25) is 0 Å². The number of hydrogen-bond acceptors (Lipinski definition) is 5. The van der Waals surface area contributed by atoms with Gasteiger partial charge in [-0.2, -0.15) is 17.7 Å². The Morgan fingerprint density at radius 3 is 2.52 bits per heavy atom. The van der Waals surface area contributed by atoms with E-state index in [0.29, 0.717) is 17.6 Å². The molecular weight excluding hydrogens is 286 g/mol. The molecule has 6 nitrogen and oxygen atoms in total. The molecule has 0 radical (unpaired) electrons. The second-order valence-electron chi connectivity index (χ2n) is 5.72. The van der Waals surface area contributed by atoms with E-state index < -0.39 is 0 Å². The Balaban J connectivity index is 2.41. The van der Waals surface area contributed by atoms with Crippen molar-refractivity contribution in [2.24, 2.45) is 12.5 Å². The van der Waals surface area contributed by atoms with Gasteiger partial charge in [-0.3, -0.25) is 4.79 Å². The summed E-state index contributed by atoms with van der Waals surface area (Å²) in [5, 5.41) is 12.8. The third-order valence-corrected chi connectivity index (χ3v) is 4.67. The van der Waals surface area contributed by atoms with Crippen LogP contribution in [0.5, 0.6) is 0 Å². The van der Waals surface area contributed by atoms with E-state index >= 15 is 0 Å². The van der Waals surface area contributed by atoms with E-state index in [-0.39, 0.29) is 11.0 Å². The SMILES string of the molecule is CCCC(CS)(CCC)Cn1nnc2c(cnn2C)c1=O. The van der Waals surface area contributed by atoms with Gasteiger partial charge >= 0.3 is 0 Å². The first-order valence-electron chi connectivity index (χ1n) is 7.43. The molecule has 0 aromatic carbocycles. The van der Waals surface area contributed by atoms with Crippen molar-refractivity contribution in [2.45, 2.75) is 46.1 Å². The van der Waals surface area contributed by atoms with E-state index in [4.69, 9.17) is 0 Å². The van der Waals surface area contributed by atoms with Gasteiger partial charge in [-0.25, -0.2) is 9.36 Å². The zero-order valence-electron chi connectivity index (χ0n) is 12.9. The van der Waals surface area contributed by atoms with Crippen LogP contribution in [-0.4, -0.2) is 30.5 Å². The van der Waals surface area contributed by atoms with E-state index in [1.807, 2.05) is 0 Å². The molecule has 0 unspecified atom stereocenters. The minimum Gasteiger partial charge on any atom is -0.267 e. The third-order valence-electron chi connectivity index (χ3n) is 4.00. The van der Waals surface area contributed by atoms with Gasteiger partial charge in [0.25, 0.3) is 5.56 Å². The van der Waals surface area contributed by atoms with Crippen molar-refractivity contribution in [3.8, 4) is 0 Å². The molecular formula is C14H23N5OS. The molecule has 0 aliphatic rings. The summed E-state index contributed by atoms with van der Waals surface area (Å²) in [6.45, 7) is 4.88. The summed E-state index contributed by atoms with van der Waals surface area (Å²) in [5.41, 5.74) is 0.409.